The Morgan fingerprint density at radius 3 is 2.38 bits per heavy atom. The van der Waals surface area contributed by atoms with E-state index in [2.05, 4.69) is 26.1 Å². The van der Waals surface area contributed by atoms with Gasteiger partial charge in [-0.3, -0.25) is 14.5 Å². The number of piperidine rings is 1. The van der Waals surface area contributed by atoms with Gasteiger partial charge in [-0.25, -0.2) is 4.68 Å². The zero-order valence-electron chi connectivity index (χ0n) is 25.4. The molecule has 0 bridgehead atoms. The molecular weight excluding hydrogens is 675 g/mol. The molecule has 13 heteroatoms. The lowest BCUT2D eigenvalue weighted by molar-refractivity contribution is -0.138. The standard InChI is InChI=1S/C34H29BrF3N7O2/c1-20-17-40-45(41-20)26-11-9-25(10-12-26)43-31-24(15-22-6-4-3-5-7-22)18-39-44(31)30-19-42(21(2)14-27(30)33(43)47)32(46)23-8-13-29(35)28(16-23)34(36,37)38/h3-13,16-18,21,27,30H,14-15,19H2,1-2H3/t21-,27?,30?/m0/s1. The van der Waals surface area contributed by atoms with Crippen molar-refractivity contribution >= 4 is 39.2 Å². The third-order valence-corrected chi connectivity index (χ3v) is 9.53. The summed E-state index contributed by atoms with van der Waals surface area (Å²) in [6.07, 6.45) is -0.371. The average molecular weight is 705 g/mol. The normalized spacial score (nSPS) is 19.4. The fourth-order valence-corrected chi connectivity index (χ4v) is 7.01. The molecule has 0 aliphatic carbocycles. The predicted octanol–water partition coefficient (Wildman–Crippen LogP) is 6.91. The first kappa shape index (κ1) is 30.9. The molecule has 47 heavy (non-hydrogen) atoms. The van der Waals surface area contributed by atoms with E-state index in [0.29, 0.717) is 24.3 Å². The van der Waals surface area contributed by atoms with Crippen LogP contribution in [0, 0.1) is 12.8 Å². The van der Waals surface area contributed by atoms with Crippen LogP contribution in [0.2, 0.25) is 0 Å². The zero-order valence-corrected chi connectivity index (χ0v) is 27.0. The van der Waals surface area contributed by atoms with E-state index in [-0.39, 0.29) is 22.5 Å². The molecule has 2 aromatic heterocycles. The second kappa shape index (κ2) is 11.8. The van der Waals surface area contributed by atoms with Crippen molar-refractivity contribution < 1.29 is 22.8 Å². The maximum Gasteiger partial charge on any atom is 0.417 e. The number of carbonyl (C=O) groups excluding carboxylic acids is 2. The first-order chi connectivity index (χ1) is 22.5. The van der Waals surface area contributed by atoms with E-state index < -0.39 is 35.6 Å². The summed E-state index contributed by atoms with van der Waals surface area (Å²) in [6, 6.07) is 19.8. The number of aryl methyl sites for hydroxylation is 1. The highest BCUT2D eigenvalue weighted by Crippen LogP contribution is 2.45. The second-order valence-corrected chi connectivity index (χ2v) is 12.8. The highest BCUT2D eigenvalue weighted by Gasteiger charge is 2.48. The molecule has 1 saturated heterocycles. The van der Waals surface area contributed by atoms with Crippen molar-refractivity contribution in [3.05, 3.63) is 118 Å². The van der Waals surface area contributed by atoms with E-state index in [1.54, 1.807) is 22.2 Å². The van der Waals surface area contributed by atoms with Crippen molar-refractivity contribution in [2.45, 2.75) is 44.9 Å². The van der Waals surface area contributed by atoms with Crippen LogP contribution in [0.3, 0.4) is 0 Å². The smallest absolute Gasteiger partial charge is 0.334 e. The lowest BCUT2D eigenvalue weighted by Crippen LogP contribution is -2.56. The molecule has 0 spiro atoms. The van der Waals surface area contributed by atoms with Gasteiger partial charge in [0, 0.05) is 34.6 Å². The third-order valence-electron chi connectivity index (χ3n) is 8.84. The fourth-order valence-electron chi connectivity index (χ4n) is 6.54. The number of rotatable bonds is 5. The number of aromatic nitrogens is 5. The Morgan fingerprint density at radius 2 is 1.70 bits per heavy atom. The number of hydrogen-bond donors (Lipinski definition) is 0. The zero-order chi connectivity index (χ0) is 33.0. The molecule has 0 saturated carbocycles. The quantitative estimate of drug-likeness (QED) is 0.198. The van der Waals surface area contributed by atoms with Gasteiger partial charge >= 0.3 is 6.18 Å². The van der Waals surface area contributed by atoms with E-state index in [1.807, 2.05) is 73.1 Å². The van der Waals surface area contributed by atoms with Crippen molar-refractivity contribution in [1.29, 1.82) is 0 Å². The molecule has 2 aliphatic heterocycles. The Balaban J connectivity index is 1.27. The molecule has 0 N–H and O–H groups in total. The monoisotopic (exact) mass is 703 g/mol. The van der Waals surface area contributed by atoms with Gasteiger partial charge in [0.1, 0.15) is 5.82 Å². The van der Waals surface area contributed by atoms with Gasteiger partial charge in [0.15, 0.2) is 0 Å². The molecule has 2 amide bonds. The third kappa shape index (κ3) is 5.62. The van der Waals surface area contributed by atoms with Gasteiger partial charge in [-0.2, -0.15) is 33.3 Å². The van der Waals surface area contributed by atoms with Crippen LogP contribution in [-0.4, -0.2) is 54.1 Å². The van der Waals surface area contributed by atoms with E-state index >= 15 is 0 Å². The van der Waals surface area contributed by atoms with E-state index in [9.17, 15) is 22.8 Å². The van der Waals surface area contributed by atoms with Crippen molar-refractivity contribution in [2.24, 2.45) is 5.92 Å². The summed E-state index contributed by atoms with van der Waals surface area (Å²) in [5, 5.41) is 13.4. The minimum Gasteiger partial charge on any atom is -0.334 e. The number of likely N-dealkylation sites (tertiary alicyclic amines) is 1. The number of anilines is 2. The van der Waals surface area contributed by atoms with Gasteiger partial charge in [-0.15, -0.1) is 0 Å². The SMILES string of the molecule is Cc1cnn(-c2ccc(N3C(=O)C4C[C@H](C)N(C(=O)c5ccc(Br)c(C(F)(F)F)c5)CC4n4ncc(Cc5ccccc5)c43)cc2)n1. The van der Waals surface area contributed by atoms with Crippen LogP contribution in [0.5, 0.6) is 0 Å². The minimum atomic E-state index is -4.63. The Bertz CT molecular complexity index is 1970. The minimum absolute atomic E-state index is 0.0676. The molecule has 0 radical (unpaired) electrons. The molecule has 4 heterocycles. The molecule has 3 atom stereocenters. The Kier molecular flexibility index (Phi) is 7.74. The number of alkyl halides is 3. The molecule has 1 fully saturated rings. The van der Waals surface area contributed by atoms with Crippen LogP contribution < -0.4 is 4.90 Å². The number of nitrogens with zero attached hydrogens (tertiary/aromatic N) is 7. The van der Waals surface area contributed by atoms with Crippen molar-refractivity contribution in [2.75, 3.05) is 11.4 Å². The van der Waals surface area contributed by atoms with Crippen LogP contribution in [0.1, 0.15) is 52.1 Å². The predicted molar refractivity (Wildman–Crippen MR) is 172 cm³/mol. The van der Waals surface area contributed by atoms with Gasteiger partial charge in [-0.1, -0.05) is 46.3 Å². The Morgan fingerprint density at radius 1 is 0.979 bits per heavy atom. The van der Waals surface area contributed by atoms with Crippen LogP contribution in [-0.2, 0) is 17.4 Å². The van der Waals surface area contributed by atoms with Crippen molar-refractivity contribution in [3.8, 4) is 5.69 Å². The highest BCUT2D eigenvalue weighted by atomic mass is 79.9. The van der Waals surface area contributed by atoms with Crippen LogP contribution >= 0.6 is 15.9 Å². The number of hydrogen-bond acceptors (Lipinski definition) is 5. The molecule has 7 rings (SSSR count). The fraction of sp³-hybridized carbons (Fsp3) is 0.265. The van der Waals surface area contributed by atoms with Crippen molar-refractivity contribution in [1.82, 2.24) is 29.7 Å². The van der Waals surface area contributed by atoms with E-state index in [0.717, 1.165) is 28.6 Å². The summed E-state index contributed by atoms with van der Waals surface area (Å²) >= 11 is 2.95. The first-order valence-corrected chi connectivity index (χ1v) is 15.9. The summed E-state index contributed by atoms with van der Waals surface area (Å²) in [5.41, 5.74) is 3.05. The Hall–Kier alpha value is -4.78. The van der Waals surface area contributed by atoms with Gasteiger partial charge in [0.25, 0.3) is 5.91 Å². The number of halogens is 4. The van der Waals surface area contributed by atoms with Gasteiger partial charge < -0.3 is 4.90 Å². The van der Waals surface area contributed by atoms with Crippen LogP contribution in [0.25, 0.3) is 5.69 Å². The molecular formula is C34H29BrF3N7O2. The topological polar surface area (TPSA) is 89.2 Å². The summed E-state index contributed by atoms with van der Waals surface area (Å²) in [4.78, 5) is 33.0. The summed E-state index contributed by atoms with van der Waals surface area (Å²) in [5.74, 6) is -0.567. The molecule has 240 valence electrons. The van der Waals surface area contributed by atoms with Crippen LogP contribution in [0.4, 0.5) is 24.7 Å². The maximum atomic E-state index is 14.5. The molecule has 2 unspecified atom stereocenters. The number of benzene rings is 3. The van der Waals surface area contributed by atoms with Gasteiger partial charge in [0.2, 0.25) is 5.91 Å². The first-order valence-electron chi connectivity index (χ1n) is 15.1. The van der Waals surface area contributed by atoms with E-state index in [4.69, 9.17) is 5.10 Å². The number of fused-ring (bicyclic) bond motifs is 3. The van der Waals surface area contributed by atoms with E-state index in [1.165, 1.54) is 16.9 Å². The average Bonchev–Trinajstić information content (AvgIpc) is 3.67. The van der Waals surface area contributed by atoms with Gasteiger partial charge in [-0.05, 0) is 68.3 Å². The molecule has 2 aliphatic rings. The van der Waals surface area contributed by atoms with Crippen molar-refractivity contribution in [3.63, 3.8) is 0 Å². The lowest BCUT2D eigenvalue weighted by Gasteiger charge is -2.47. The maximum absolute atomic E-state index is 14.5. The number of amides is 2. The summed E-state index contributed by atoms with van der Waals surface area (Å²) in [6.45, 7) is 3.79. The molecule has 9 nitrogen and oxygen atoms in total. The summed E-state index contributed by atoms with van der Waals surface area (Å²) in [7, 11) is 0. The molecule has 3 aromatic carbocycles. The lowest BCUT2D eigenvalue weighted by atomic mass is 9.84. The number of carbonyl (C=O) groups is 2. The summed E-state index contributed by atoms with van der Waals surface area (Å²) < 4.78 is 42.7. The van der Waals surface area contributed by atoms with Gasteiger partial charge in [0.05, 0.1) is 47.0 Å². The largest absolute Gasteiger partial charge is 0.417 e. The van der Waals surface area contributed by atoms with Crippen LogP contribution in [0.15, 0.2) is 89.7 Å². The Labute approximate surface area is 276 Å². The molecule has 5 aromatic rings. The second-order valence-electron chi connectivity index (χ2n) is 12.0. The highest BCUT2D eigenvalue weighted by molar-refractivity contribution is 9.10.